The zero-order valence-electron chi connectivity index (χ0n) is 7.71. The lowest BCUT2D eigenvalue weighted by atomic mass is 10.1. The van der Waals surface area contributed by atoms with E-state index in [2.05, 4.69) is 6.92 Å². The second-order valence-electron chi connectivity index (χ2n) is 3.01. The summed E-state index contributed by atoms with van der Waals surface area (Å²) in [5.74, 6) is 0. The van der Waals surface area contributed by atoms with Crippen molar-refractivity contribution in [2.75, 3.05) is 0 Å². The minimum Gasteiger partial charge on any atom is -0.225 e. The first-order valence-electron chi connectivity index (χ1n) is 4.15. The van der Waals surface area contributed by atoms with E-state index in [4.69, 9.17) is 5.14 Å². The van der Waals surface area contributed by atoms with E-state index < -0.39 is 10.0 Å². The van der Waals surface area contributed by atoms with Crippen LogP contribution in [-0.2, 0) is 10.0 Å². The van der Waals surface area contributed by atoms with Crippen LogP contribution >= 0.6 is 0 Å². The van der Waals surface area contributed by atoms with Gasteiger partial charge in [0.1, 0.15) is 0 Å². The summed E-state index contributed by atoms with van der Waals surface area (Å²) in [6.45, 7) is 3.90. The first-order valence-corrected chi connectivity index (χ1v) is 5.76. The highest BCUT2D eigenvalue weighted by molar-refractivity contribution is 7.92. The molecule has 0 radical (unpaired) electrons. The van der Waals surface area contributed by atoms with Gasteiger partial charge in [0.25, 0.3) is 0 Å². The van der Waals surface area contributed by atoms with Gasteiger partial charge in [-0.25, -0.2) is 13.6 Å². The summed E-state index contributed by atoms with van der Waals surface area (Å²) in [6.07, 6.45) is 4.14. The standard InChI is InChI=1S/C8H17NO2S/c1-3-4-5-6-8(2)7-12(9,10)11/h7H,3-6H2,1-2H3,(H2,9,10,11). The molecular weight excluding hydrogens is 174 g/mol. The maximum Gasteiger partial charge on any atom is 0.231 e. The van der Waals surface area contributed by atoms with Crippen LogP contribution in [0.15, 0.2) is 11.0 Å². The Morgan fingerprint density at radius 2 is 2.00 bits per heavy atom. The Kier molecular flexibility index (Phi) is 5.17. The lowest BCUT2D eigenvalue weighted by Gasteiger charge is -1.98. The Labute approximate surface area is 74.7 Å². The summed E-state index contributed by atoms with van der Waals surface area (Å²) in [7, 11) is -3.42. The smallest absolute Gasteiger partial charge is 0.225 e. The van der Waals surface area contributed by atoms with Gasteiger partial charge < -0.3 is 0 Å². The summed E-state index contributed by atoms with van der Waals surface area (Å²) in [6, 6.07) is 0. The molecular formula is C8H17NO2S. The Bertz CT molecular complexity index is 242. The van der Waals surface area contributed by atoms with Gasteiger partial charge >= 0.3 is 0 Å². The van der Waals surface area contributed by atoms with Crippen LogP contribution in [-0.4, -0.2) is 8.42 Å². The van der Waals surface area contributed by atoms with Crippen LogP contribution in [0.3, 0.4) is 0 Å². The van der Waals surface area contributed by atoms with Gasteiger partial charge in [-0.05, 0) is 19.8 Å². The molecule has 0 spiro atoms. The van der Waals surface area contributed by atoms with Crippen LogP contribution in [0, 0.1) is 0 Å². The fourth-order valence-corrected chi connectivity index (χ4v) is 1.67. The maximum atomic E-state index is 10.6. The minimum absolute atomic E-state index is 0.824. The van der Waals surface area contributed by atoms with Gasteiger partial charge in [0, 0.05) is 5.41 Å². The molecule has 0 amide bonds. The molecule has 0 heterocycles. The average molecular weight is 191 g/mol. The van der Waals surface area contributed by atoms with Crippen molar-refractivity contribution in [2.24, 2.45) is 5.14 Å². The van der Waals surface area contributed by atoms with Gasteiger partial charge in [0.2, 0.25) is 10.0 Å². The van der Waals surface area contributed by atoms with Gasteiger partial charge in [-0.2, -0.15) is 0 Å². The first-order chi connectivity index (χ1) is 5.45. The summed E-state index contributed by atoms with van der Waals surface area (Å²) in [5, 5.41) is 5.98. The van der Waals surface area contributed by atoms with Crippen LogP contribution in [0.1, 0.15) is 39.5 Å². The minimum atomic E-state index is -3.42. The van der Waals surface area contributed by atoms with E-state index in [9.17, 15) is 8.42 Å². The summed E-state index contributed by atoms with van der Waals surface area (Å²) in [4.78, 5) is 0. The van der Waals surface area contributed by atoms with E-state index in [1.807, 2.05) is 0 Å². The van der Waals surface area contributed by atoms with Crippen LogP contribution in [0.5, 0.6) is 0 Å². The molecule has 0 aliphatic heterocycles. The quantitative estimate of drug-likeness (QED) is 0.673. The van der Waals surface area contributed by atoms with Crippen molar-refractivity contribution in [3.05, 3.63) is 11.0 Å². The molecule has 0 unspecified atom stereocenters. The molecule has 0 fully saturated rings. The second-order valence-corrected chi connectivity index (χ2v) is 4.42. The van der Waals surface area contributed by atoms with Gasteiger partial charge in [-0.15, -0.1) is 0 Å². The molecule has 0 aromatic rings. The third-order valence-corrected chi connectivity index (χ3v) is 2.27. The third kappa shape index (κ3) is 7.75. The molecule has 0 saturated carbocycles. The zero-order chi connectivity index (χ0) is 9.61. The average Bonchev–Trinajstić information content (AvgIpc) is 1.84. The Balaban J connectivity index is 3.88. The van der Waals surface area contributed by atoms with Crippen LogP contribution in [0.4, 0.5) is 0 Å². The summed E-state index contributed by atoms with van der Waals surface area (Å²) < 4.78 is 21.2. The SMILES string of the molecule is CCCCCC(C)=CS(N)(=O)=O. The predicted molar refractivity (Wildman–Crippen MR) is 51.0 cm³/mol. The largest absolute Gasteiger partial charge is 0.231 e. The van der Waals surface area contributed by atoms with E-state index in [0.29, 0.717) is 0 Å². The van der Waals surface area contributed by atoms with Crippen molar-refractivity contribution in [1.82, 2.24) is 0 Å². The Hall–Kier alpha value is -0.350. The predicted octanol–water partition coefficient (Wildman–Crippen LogP) is 1.76. The van der Waals surface area contributed by atoms with E-state index in [1.165, 1.54) is 0 Å². The maximum absolute atomic E-state index is 10.6. The van der Waals surface area contributed by atoms with Crippen LogP contribution in [0.25, 0.3) is 0 Å². The van der Waals surface area contributed by atoms with Crippen molar-refractivity contribution in [3.63, 3.8) is 0 Å². The van der Waals surface area contributed by atoms with Gasteiger partial charge in [0.05, 0.1) is 0 Å². The number of sulfonamides is 1. The van der Waals surface area contributed by atoms with Crippen molar-refractivity contribution in [2.45, 2.75) is 39.5 Å². The first kappa shape index (κ1) is 11.6. The number of hydrogen-bond donors (Lipinski definition) is 1. The third-order valence-electron chi connectivity index (χ3n) is 1.54. The van der Waals surface area contributed by atoms with Gasteiger partial charge in [0.15, 0.2) is 0 Å². The zero-order valence-corrected chi connectivity index (χ0v) is 8.52. The van der Waals surface area contributed by atoms with Gasteiger partial charge in [-0.1, -0.05) is 25.3 Å². The van der Waals surface area contributed by atoms with Gasteiger partial charge in [-0.3, -0.25) is 0 Å². The van der Waals surface area contributed by atoms with Crippen molar-refractivity contribution < 1.29 is 8.42 Å². The van der Waals surface area contributed by atoms with E-state index in [1.54, 1.807) is 6.92 Å². The highest BCUT2D eigenvalue weighted by Crippen LogP contribution is 2.08. The summed E-state index contributed by atoms with van der Waals surface area (Å²) in [5.41, 5.74) is 0.839. The van der Waals surface area contributed by atoms with E-state index in [0.717, 1.165) is 36.7 Å². The molecule has 0 saturated heterocycles. The van der Waals surface area contributed by atoms with Crippen molar-refractivity contribution in [1.29, 1.82) is 0 Å². The number of hydrogen-bond acceptors (Lipinski definition) is 2. The number of primary sulfonamides is 1. The second kappa shape index (κ2) is 5.32. The molecule has 0 bridgehead atoms. The fraction of sp³-hybridized carbons (Fsp3) is 0.750. The highest BCUT2D eigenvalue weighted by atomic mass is 32.2. The molecule has 4 heteroatoms. The Morgan fingerprint density at radius 3 is 2.42 bits per heavy atom. The number of nitrogens with two attached hydrogens (primary N) is 1. The molecule has 0 aliphatic carbocycles. The lowest BCUT2D eigenvalue weighted by Crippen LogP contribution is -2.08. The molecule has 3 nitrogen and oxygen atoms in total. The molecule has 0 aliphatic rings. The van der Waals surface area contributed by atoms with Crippen molar-refractivity contribution >= 4 is 10.0 Å². The topological polar surface area (TPSA) is 60.2 Å². The summed E-state index contributed by atoms with van der Waals surface area (Å²) >= 11 is 0. The fourth-order valence-electron chi connectivity index (χ4n) is 0.993. The van der Waals surface area contributed by atoms with E-state index in [-0.39, 0.29) is 0 Å². The lowest BCUT2D eigenvalue weighted by molar-refractivity contribution is 0.605. The normalized spacial score (nSPS) is 13.4. The van der Waals surface area contributed by atoms with Crippen molar-refractivity contribution in [3.8, 4) is 0 Å². The molecule has 0 atom stereocenters. The molecule has 72 valence electrons. The van der Waals surface area contributed by atoms with Crippen LogP contribution < -0.4 is 5.14 Å². The molecule has 12 heavy (non-hydrogen) atoms. The molecule has 2 N–H and O–H groups in total. The number of unbranched alkanes of at least 4 members (excludes halogenated alkanes) is 2. The number of allylic oxidation sites excluding steroid dienone is 1. The van der Waals surface area contributed by atoms with E-state index >= 15 is 0 Å². The highest BCUT2D eigenvalue weighted by Gasteiger charge is 1.97. The Morgan fingerprint density at radius 1 is 1.42 bits per heavy atom. The number of rotatable bonds is 5. The monoisotopic (exact) mass is 191 g/mol. The molecule has 0 aromatic heterocycles. The molecule has 0 rings (SSSR count). The molecule has 0 aromatic carbocycles. The van der Waals surface area contributed by atoms with Crippen LogP contribution in [0.2, 0.25) is 0 Å².